The topological polar surface area (TPSA) is 142 Å². The maximum absolute atomic E-state index is 12.8. The fraction of sp³-hybridized carbons (Fsp3) is 0.393. The molecular formula is C28H29F3N6O4S2. The number of nitrogens with zero attached hydrogens (tertiary/aromatic N) is 4. The normalized spacial score (nSPS) is 18.5. The number of amides is 1. The number of ether oxygens (including phenoxy) is 1. The Balaban J connectivity index is 1.15. The molecule has 2 unspecified atom stereocenters. The quantitative estimate of drug-likeness (QED) is 0.159. The summed E-state index contributed by atoms with van der Waals surface area (Å²) in [5.74, 6) is -1.16. The molecule has 2 aromatic carbocycles. The monoisotopic (exact) mass is 634 g/mol. The number of anilines is 2. The molecule has 43 heavy (non-hydrogen) atoms. The van der Waals surface area contributed by atoms with Gasteiger partial charge in [-0.25, -0.2) is 0 Å². The molecule has 4 atom stereocenters. The van der Waals surface area contributed by atoms with Crippen LogP contribution < -0.4 is 15.4 Å². The van der Waals surface area contributed by atoms with Crippen LogP contribution in [-0.4, -0.2) is 55.7 Å². The number of carbonyl (C=O) groups is 1. The van der Waals surface area contributed by atoms with E-state index in [9.17, 15) is 28.2 Å². The fourth-order valence-electron chi connectivity index (χ4n) is 5.05. The summed E-state index contributed by atoms with van der Waals surface area (Å²) in [4.78, 5) is 12.8. The first-order valence-electron chi connectivity index (χ1n) is 13.6. The maximum Gasteiger partial charge on any atom is 0.573 e. The minimum atomic E-state index is -4.79. The van der Waals surface area contributed by atoms with Crippen LogP contribution in [-0.2, 0) is 11.2 Å². The number of hydrogen-bond donors (Lipinski definition) is 4. The third-order valence-corrected chi connectivity index (χ3v) is 9.05. The Morgan fingerprint density at radius 2 is 1.65 bits per heavy atom. The molecule has 0 spiro atoms. The van der Waals surface area contributed by atoms with Gasteiger partial charge in [0.15, 0.2) is 0 Å². The summed E-state index contributed by atoms with van der Waals surface area (Å²) in [5.41, 5.74) is 1.17. The van der Waals surface area contributed by atoms with E-state index in [0.717, 1.165) is 35.7 Å². The lowest BCUT2D eigenvalue weighted by atomic mass is 9.82. The van der Waals surface area contributed by atoms with Crippen LogP contribution in [0.3, 0.4) is 0 Å². The second-order valence-corrected chi connectivity index (χ2v) is 12.2. The zero-order chi connectivity index (χ0) is 30.4. The predicted octanol–water partition coefficient (Wildman–Crippen LogP) is 5.42. The van der Waals surface area contributed by atoms with Crippen LogP contribution in [0.1, 0.15) is 64.6 Å². The van der Waals surface area contributed by atoms with Crippen LogP contribution >= 0.6 is 22.7 Å². The first-order chi connectivity index (χ1) is 20.7. The molecular weight excluding hydrogens is 605 g/mol. The van der Waals surface area contributed by atoms with Gasteiger partial charge in [0.2, 0.25) is 16.2 Å². The molecule has 0 radical (unpaired) electrons. The van der Waals surface area contributed by atoms with Crippen molar-refractivity contribution in [1.29, 1.82) is 0 Å². The second kappa shape index (κ2) is 13.8. The van der Waals surface area contributed by atoms with Gasteiger partial charge >= 0.3 is 6.36 Å². The number of carbonyl (C=O) groups excluding carboxylic acids is 1. The molecule has 4 aromatic rings. The van der Waals surface area contributed by atoms with Crippen molar-refractivity contribution in [1.82, 2.24) is 20.4 Å². The molecule has 15 heteroatoms. The van der Waals surface area contributed by atoms with Crippen molar-refractivity contribution in [2.24, 2.45) is 0 Å². The summed E-state index contributed by atoms with van der Waals surface area (Å²) in [6.45, 7) is -0.328. The number of aliphatic hydroxyl groups is 2. The zero-order valence-electron chi connectivity index (χ0n) is 22.7. The Labute approximate surface area is 253 Å². The molecule has 1 aliphatic rings. The molecule has 0 saturated heterocycles. The van der Waals surface area contributed by atoms with E-state index in [1.54, 1.807) is 18.2 Å². The van der Waals surface area contributed by atoms with Crippen LogP contribution in [0.4, 0.5) is 23.4 Å². The van der Waals surface area contributed by atoms with Gasteiger partial charge in [-0.2, -0.15) is 0 Å². The number of rotatable bonds is 11. The van der Waals surface area contributed by atoms with Crippen molar-refractivity contribution in [3.63, 3.8) is 0 Å². The van der Waals surface area contributed by atoms with Gasteiger partial charge in [-0.05, 0) is 42.5 Å². The average Bonchev–Trinajstić information content (AvgIpc) is 3.63. The van der Waals surface area contributed by atoms with E-state index in [1.165, 1.54) is 40.9 Å². The highest BCUT2D eigenvalue weighted by molar-refractivity contribution is 7.15. The number of aliphatic hydroxyl groups excluding tert-OH is 2. The van der Waals surface area contributed by atoms with Crippen LogP contribution in [0, 0.1) is 0 Å². The highest BCUT2D eigenvalue weighted by Crippen LogP contribution is 2.43. The number of aromatic nitrogens is 4. The average molecular weight is 635 g/mol. The number of halogens is 3. The molecule has 0 aliphatic heterocycles. The van der Waals surface area contributed by atoms with E-state index in [2.05, 4.69) is 35.8 Å². The van der Waals surface area contributed by atoms with E-state index in [1.807, 2.05) is 18.2 Å². The summed E-state index contributed by atoms with van der Waals surface area (Å²) in [5, 5.41) is 45.3. The fourth-order valence-corrected chi connectivity index (χ4v) is 6.88. The number of hydrogen-bond acceptors (Lipinski definition) is 11. The van der Waals surface area contributed by atoms with Crippen molar-refractivity contribution < 1.29 is 32.9 Å². The first kappa shape index (κ1) is 30.8. The standard InChI is InChI=1S/C28H29F3N6O4S2/c29-28(30,31)41-20-11-4-6-16(12-20)13-22(39)32-26-36-34-24(42-26)18-9-5-10-19(14-18)25-35-37-27(43-25)33-23(40)21(15-38)17-7-2-1-3-8-17/h1-4,6-8,11-12,18-19,21-22,38-39H,5,9-10,13-15H2,(H,32,36)(H,33,37,40)/t18-,19-,21?,22?/m0/s1. The van der Waals surface area contributed by atoms with Crippen molar-refractivity contribution in [2.75, 3.05) is 17.2 Å². The summed E-state index contributed by atoms with van der Waals surface area (Å²) in [7, 11) is 0. The molecule has 10 nitrogen and oxygen atoms in total. The Morgan fingerprint density at radius 3 is 2.33 bits per heavy atom. The molecule has 1 amide bonds. The highest BCUT2D eigenvalue weighted by Gasteiger charge is 2.32. The van der Waals surface area contributed by atoms with E-state index >= 15 is 0 Å². The van der Waals surface area contributed by atoms with Crippen LogP contribution in [0.25, 0.3) is 0 Å². The summed E-state index contributed by atoms with van der Waals surface area (Å²) in [6.07, 6.45) is -2.30. The lowest BCUT2D eigenvalue weighted by Crippen LogP contribution is -2.23. The van der Waals surface area contributed by atoms with Gasteiger partial charge in [-0.1, -0.05) is 71.6 Å². The van der Waals surface area contributed by atoms with Gasteiger partial charge < -0.3 is 20.3 Å². The number of nitrogens with one attached hydrogen (secondary N) is 2. The van der Waals surface area contributed by atoms with Crippen molar-refractivity contribution in [3.05, 3.63) is 75.7 Å². The van der Waals surface area contributed by atoms with Gasteiger partial charge in [0, 0.05) is 18.3 Å². The van der Waals surface area contributed by atoms with E-state index in [-0.39, 0.29) is 36.5 Å². The van der Waals surface area contributed by atoms with Crippen molar-refractivity contribution in [2.45, 2.75) is 62.4 Å². The highest BCUT2D eigenvalue weighted by atomic mass is 32.1. The Morgan fingerprint density at radius 1 is 0.977 bits per heavy atom. The minimum Gasteiger partial charge on any atom is -0.406 e. The van der Waals surface area contributed by atoms with Gasteiger partial charge in [-0.15, -0.1) is 33.6 Å². The van der Waals surface area contributed by atoms with Crippen LogP contribution in [0.15, 0.2) is 54.6 Å². The first-order valence-corrected chi connectivity index (χ1v) is 15.2. The molecule has 1 fully saturated rings. The van der Waals surface area contributed by atoms with Gasteiger partial charge in [0.05, 0.1) is 12.5 Å². The minimum absolute atomic E-state index is 0.0375. The molecule has 1 saturated carbocycles. The third-order valence-electron chi connectivity index (χ3n) is 7.04. The van der Waals surface area contributed by atoms with Gasteiger partial charge in [-0.3, -0.25) is 10.1 Å². The molecule has 2 aromatic heterocycles. The van der Waals surface area contributed by atoms with Gasteiger partial charge in [0.1, 0.15) is 22.0 Å². The lowest BCUT2D eigenvalue weighted by molar-refractivity contribution is -0.274. The Kier molecular flexibility index (Phi) is 9.85. The van der Waals surface area contributed by atoms with Crippen LogP contribution in [0.5, 0.6) is 5.75 Å². The SMILES string of the molecule is O=C(Nc1nnc([C@H]2CCC[C@H](c3nnc(NC(O)Cc4cccc(OC(F)(F)F)c4)s3)C2)s1)C(CO)c1ccccc1. The van der Waals surface area contributed by atoms with E-state index in [0.29, 0.717) is 21.4 Å². The largest absolute Gasteiger partial charge is 0.573 e. The molecule has 228 valence electrons. The number of benzene rings is 2. The summed E-state index contributed by atoms with van der Waals surface area (Å²) < 4.78 is 41.5. The molecule has 4 N–H and O–H groups in total. The summed E-state index contributed by atoms with van der Waals surface area (Å²) >= 11 is 2.64. The smallest absolute Gasteiger partial charge is 0.406 e. The lowest BCUT2D eigenvalue weighted by Gasteiger charge is -2.25. The van der Waals surface area contributed by atoms with Crippen molar-refractivity contribution in [3.8, 4) is 5.75 Å². The summed E-state index contributed by atoms with van der Waals surface area (Å²) in [6, 6.07) is 14.5. The third kappa shape index (κ3) is 8.46. The molecule has 0 bridgehead atoms. The maximum atomic E-state index is 12.8. The van der Waals surface area contributed by atoms with E-state index in [4.69, 9.17) is 0 Å². The van der Waals surface area contributed by atoms with Crippen molar-refractivity contribution >= 4 is 38.8 Å². The molecule has 2 heterocycles. The molecule has 1 aliphatic carbocycles. The van der Waals surface area contributed by atoms with Crippen LogP contribution in [0.2, 0.25) is 0 Å². The second-order valence-electron chi connectivity index (χ2n) is 10.1. The molecule has 5 rings (SSSR count). The van der Waals surface area contributed by atoms with Gasteiger partial charge in [0.25, 0.3) is 0 Å². The predicted molar refractivity (Wildman–Crippen MR) is 155 cm³/mol. The Bertz CT molecular complexity index is 1500. The zero-order valence-corrected chi connectivity index (χ0v) is 24.3. The van der Waals surface area contributed by atoms with E-state index < -0.39 is 18.5 Å². The number of alkyl halides is 3. The Hall–Kier alpha value is -3.66.